The molecule has 4 heteroatoms. The van der Waals surface area contributed by atoms with E-state index in [-0.39, 0.29) is 6.61 Å². The Kier molecular flexibility index (Phi) is 2.73. The third-order valence-corrected chi connectivity index (χ3v) is 2.07. The molecule has 1 aromatic rings. The summed E-state index contributed by atoms with van der Waals surface area (Å²) in [7, 11) is 1.88. The number of hydrogen-bond donors (Lipinski definition) is 2. The van der Waals surface area contributed by atoms with E-state index in [9.17, 15) is 0 Å². The summed E-state index contributed by atoms with van der Waals surface area (Å²) in [4.78, 5) is 0. The van der Waals surface area contributed by atoms with E-state index >= 15 is 0 Å². The maximum absolute atomic E-state index is 9.00. The molecule has 13 heavy (non-hydrogen) atoms. The molecule has 1 atom stereocenters. The maximum atomic E-state index is 9.00. The molecule has 1 heterocycles. The number of nitrogens with two attached hydrogens (primary N) is 1. The summed E-state index contributed by atoms with van der Waals surface area (Å²) in [6, 6.07) is 0. The predicted molar refractivity (Wildman–Crippen MR) is 51.3 cm³/mol. The molecule has 0 aliphatic carbocycles. The van der Waals surface area contributed by atoms with Crippen molar-refractivity contribution in [2.24, 2.45) is 12.8 Å². The van der Waals surface area contributed by atoms with Gasteiger partial charge in [-0.25, -0.2) is 0 Å². The van der Waals surface area contributed by atoms with E-state index in [0.717, 1.165) is 11.3 Å². The fourth-order valence-corrected chi connectivity index (χ4v) is 1.31. The normalized spacial score (nSPS) is 15.8. The van der Waals surface area contributed by atoms with Gasteiger partial charge in [-0.3, -0.25) is 4.68 Å². The lowest BCUT2D eigenvalue weighted by Gasteiger charge is -2.20. The highest BCUT2D eigenvalue weighted by Gasteiger charge is 2.19. The molecule has 4 nitrogen and oxygen atoms in total. The monoisotopic (exact) mass is 183 g/mol. The Morgan fingerprint density at radius 1 is 1.69 bits per heavy atom. The van der Waals surface area contributed by atoms with Crippen LogP contribution in [0.25, 0.3) is 0 Å². The van der Waals surface area contributed by atoms with E-state index in [4.69, 9.17) is 10.8 Å². The van der Waals surface area contributed by atoms with Gasteiger partial charge in [-0.2, -0.15) is 5.10 Å². The summed E-state index contributed by atoms with van der Waals surface area (Å²) < 4.78 is 1.76. The van der Waals surface area contributed by atoms with Crippen LogP contribution < -0.4 is 5.73 Å². The molecule has 0 fully saturated rings. The number of aliphatic hydroxyl groups excluding tert-OH is 1. The van der Waals surface area contributed by atoms with Gasteiger partial charge in [0.2, 0.25) is 0 Å². The minimum Gasteiger partial charge on any atom is -0.394 e. The van der Waals surface area contributed by atoms with Crippen LogP contribution in [0.1, 0.15) is 18.2 Å². The smallest absolute Gasteiger partial charge is 0.0626 e. The van der Waals surface area contributed by atoms with Gasteiger partial charge in [0, 0.05) is 18.8 Å². The summed E-state index contributed by atoms with van der Waals surface area (Å²) in [5.41, 5.74) is 7.37. The molecule has 3 N–H and O–H groups in total. The second-order valence-corrected chi connectivity index (χ2v) is 3.90. The molecule has 0 aliphatic heterocycles. The standard InChI is InChI=1S/C9H17N3O/c1-7-8(5-12(3)11-7)4-9(2,10)6-13/h5,13H,4,6,10H2,1-3H3. The number of aryl methyl sites for hydroxylation is 2. The van der Waals surface area contributed by atoms with Gasteiger partial charge in [0.1, 0.15) is 0 Å². The van der Waals surface area contributed by atoms with Crippen molar-refractivity contribution in [3.63, 3.8) is 0 Å². The summed E-state index contributed by atoms with van der Waals surface area (Å²) in [5.74, 6) is 0. The molecule has 0 bridgehead atoms. The van der Waals surface area contributed by atoms with Crippen LogP contribution in [0.2, 0.25) is 0 Å². The lowest BCUT2D eigenvalue weighted by atomic mass is 9.95. The van der Waals surface area contributed by atoms with Crippen LogP contribution in [0.15, 0.2) is 6.20 Å². The molecule has 1 aromatic heterocycles. The van der Waals surface area contributed by atoms with E-state index in [0.29, 0.717) is 6.42 Å². The summed E-state index contributed by atoms with van der Waals surface area (Å²) in [6.45, 7) is 3.77. The number of aromatic nitrogens is 2. The number of aliphatic hydroxyl groups is 1. The van der Waals surface area contributed by atoms with Crippen LogP contribution in [-0.4, -0.2) is 27.0 Å². The molecule has 74 valence electrons. The minimum absolute atomic E-state index is 0.0126. The summed E-state index contributed by atoms with van der Waals surface area (Å²) in [5, 5.41) is 13.2. The molecule has 0 spiro atoms. The molecule has 0 saturated heterocycles. The quantitative estimate of drug-likeness (QED) is 0.692. The lowest BCUT2D eigenvalue weighted by molar-refractivity contribution is 0.208. The van der Waals surface area contributed by atoms with Gasteiger partial charge in [-0.1, -0.05) is 0 Å². The van der Waals surface area contributed by atoms with Gasteiger partial charge in [-0.15, -0.1) is 0 Å². The number of rotatable bonds is 3. The average Bonchev–Trinajstić information content (AvgIpc) is 2.30. The van der Waals surface area contributed by atoms with Crippen molar-refractivity contribution in [1.82, 2.24) is 9.78 Å². The Hall–Kier alpha value is -0.870. The van der Waals surface area contributed by atoms with Crippen LogP contribution in [0.5, 0.6) is 0 Å². The van der Waals surface area contributed by atoms with Crippen LogP contribution in [0, 0.1) is 6.92 Å². The van der Waals surface area contributed by atoms with Crippen LogP contribution in [0.4, 0.5) is 0 Å². The molecule has 0 amide bonds. The zero-order valence-corrected chi connectivity index (χ0v) is 8.41. The van der Waals surface area contributed by atoms with Gasteiger partial charge >= 0.3 is 0 Å². The maximum Gasteiger partial charge on any atom is 0.0626 e. The Bertz CT molecular complexity index is 291. The third kappa shape index (κ3) is 2.54. The SMILES string of the molecule is Cc1nn(C)cc1CC(C)(N)CO. The van der Waals surface area contributed by atoms with Crippen LogP contribution in [-0.2, 0) is 13.5 Å². The van der Waals surface area contributed by atoms with Crippen molar-refractivity contribution >= 4 is 0 Å². The molecular formula is C9H17N3O. The fourth-order valence-electron chi connectivity index (χ4n) is 1.31. The Labute approximate surface area is 78.4 Å². The first kappa shape index (κ1) is 10.2. The molecule has 0 aromatic carbocycles. The lowest BCUT2D eigenvalue weighted by Crippen LogP contribution is -2.42. The van der Waals surface area contributed by atoms with Crippen molar-refractivity contribution in [2.45, 2.75) is 25.8 Å². The topological polar surface area (TPSA) is 64.1 Å². The van der Waals surface area contributed by atoms with Gasteiger partial charge in [-0.05, 0) is 25.8 Å². The Balaban J connectivity index is 2.79. The summed E-state index contributed by atoms with van der Waals surface area (Å²) in [6.07, 6.45) is 2.60. The van der Waals surface area contributed by atoms with Crippen molar-refractivity contribution in [3.05, 3.63) is 17.5 Å². The second kappa shape index (κ2) is 3.47. The largest absolute Gasteiger partial charge is 0.394 e. The highest BCUT2D eigenvalue weighted by atomic mass is 16.3. The van der Waals surface area contributed by atoms with Crippen LogP contribution >= 0.6 is 0 Å². The highest BCUT2D eigenvalue weighted by Crippen LogP contribution is 2.12. The van der Waals surface area contributed by atoms with E-state index in [2.05, 4.69) is 5.10 Å². The van der Waals surface area contributed by atoms with E-state index in [1.807, 2.05) is 27.1 Å². The van der Waals surface area contributed by atoms with Gasteiger partial charge in [0.15, 0.2) is 0 Å². The molecule has 1 unspecified atom stereocenters. The van der Waals surface area contributed by atoms with Crippen molar-refractivity contribution in [2.75, 3.05) is 6.61 Å². The number of hydrogen-bond acceptors (Lipinski definition) is 3. The molecule has 0 saturated carbocycles. The van der Waals surface area contributed by atoms with Crippen molar-refractivity contribution in [1.29, 1.82) is 0 Å². The van der Waals surface area contributed by atoms with E-state index in [1.54, 1.807) is 4.68 Å². The minimum atomic E-state index is -0.548. The molecule has 0 radical (unpaired) electrons. The zero-order chi connectivity index (χ0) is 10.1. The second-order valence-electron chi connectivity index (χ2n) is 3.90. The average molecular weight is 183 g/mol. The van der Waals surface area contributed by atoms with Gasteiger partial charge in [0.05, 0.1) is 12.3 Å². The Morgan fingerprint density at radius 3 is 2.69 bits per heavy atom. The first-order valence-electron chi connectivity index (χ1n) is 4.33. The fraction of sp³-hybridized carbons (Fsp3) is 0.667. The van der Waals surface area contributed by atoms with Crippen molar-refractivity contribution in [3.8, 4) is 0 Å². The van der Waals surface area contributed by atoms with Gasteiger partial charge in [0.25, 0.3) is 0 Å². The molecular weight excluding hydrogens is 166 g/mol. The van der Waals surface area contributed by atoms with Crippen LogP contribution in [0.3, 0.4) is 0 Å². The summed E-state index contributed by atoms with van der Waals surface area (Å²) >= 11 is 0. The predicted octanol–water partition coefficient (Wildman–Crippen LogP) is -0.0193. The third-order valence-electron chi connectivity index (χ3n) is 2.07. The van der Waals surface area contributed by atoms with E-state index in [1.165, 1.54) is 0 Å². The first-order valence-corrected chi connectivity index (χ1v) is 4.33. The van der Waals surface area contributed by atoms with Gasteiger partial charge < -0.3 is 10.8 Å². The molecule has 1 rings (SSSR count). The Morgan fingerprint density at radius 2 is 2.31 bits per heavy atom. The van der Waals surface area contributed by atoms with Crippen molar-refractivity contribution < 1.29 is 5.11 Å². The first-order chi connectivity index (χ1) is 5.94. The zero-order valence-electron chi connectivity index (χ0n) is 8.41. The molecule has 0 aliphatic rings. The number of nitrogens with zero attached hydrogens (tertiary/aromatic N) is 2. The van der Waals surface area contributed by atoms with E-state index < -0.39 is 5.54 Å². The highest BCUT2D eigenvalue weighted by molar-refractivity contribution is 5.18.